The van der Waals surface area contributed by atoms with Gasteiger partial charge in [-0.3, -0.25) is 9.59 Å². The molecule has 154 valence electrons. The fraction of sp³-hybridized carbons (Fsp3) is 0.217. The lowest BCUT2D eigenvalue weighted by Crippen LogP contribution is -2.28. The zero-order valence-corrected chi connectivity index (χ0v) is 17.9. The highest BCUT2D eigenvalue weighted by molar-refractivity contribution is 7.99. The van der Waals surface area contributed by atoms with E-state index in [0.717, 1.165) is 5.56 Å². The Morgan fingerprint density at radius 2 is 1.87 bits per heavy atom. The average molecular weight is 421 g/mol. The predicted molar refractivity (Wildman–Crippen MR) is 119 cm³/mol. The Hall–Kier alpha value is -3.19. The summed E-state index contributed by atoms with van der Waals surface area (Å²) in [4.78, 5) is 25.0. The van der Waals surface area contributed by atoms with Crippen LogP contribution in [0, 0.1) is 6.92 Å². The van der Waals surface area contributed by atoms with Gasteiger partial charge < -0.3 is 9.88 Å². The van der Waals surface area contributed by atoms with Crippen molar-refractivity contribution in [2.75, 3.05) is 5.75 Å². The van der Waals surface area contributed by atoms with Gasteiger partial charge in [-0.1, -0.05) is 65.9 Å². The van der Waals surface area contributed by atoms with Gasteiger partial charge in [0.1, 0.15) is 0 Å². The minimum atomic E-state index is -0.357. The summed E-state index contributed by atoms with van der Waals surface area (Å²) in [6, 6.07) is 16.2. The predicted octanol–water partition coefficient (Wildman–Crippen LogP) is 4.24. The Morgan fingerprint density at radius 1 is 1.13 bits per heavy atom. The first-order valence-corrected chi connectivity index (χ1v) is 10.6. The zero-order chi connectivity index (χ0) is 21.5. The first-order chi connectivity index (χ1) is 14.5. The number of aryl methyl sites for hydroxylation is 1. The summed E-state index contributed by atoms with van der Waals surface area (Å²) in [5, 5.41) is 12.1. The first kappa shape index (κ1) is 21.5. The van der Waals surface area contributed by atoms with E-state index in [0.29, 0.717) is 28.7 Å². The molecule has 3 rings (SSSR count). The van der Waals surface area contributed by atoms with E-state index in [4.69, 9.17) is 0 Å². The van der Waals surface area contributed by atoms with Crippen molar-refractivity contribution in [1.29, 1.82) is 0 Å². The molecule has 0 saturated heterocycles. The number of ketones is 1. The quantitative estimate of drug-likeness (QED) is 0.318. The van der Waals surface area contributed by atoms with Crippen LogP contribution < -0.4 is 5.32 Å². The number of nitrogens with one attached hydrogen (secondary N) is 1. The number of carbonyl (C=O) groups excluding carboxylic acids is 2. The van der Waals surface area contributed by atoms with Crippen molar-refractivity contribution < 1.29 is 9.59 Å². The normalized spacial score (nSPS) is 11.7. The molecule has 2 aromatic carbocycles. The molecule has 0 spiro atoms. The Bertz CT molecular complexity index is 1050. The second-order valence-electron chi connectivity index (χ2n) is 6.88. The van der Waals surface area contributed by atoms with E-state index in [1.165, 1.54) is 11.8 Å². The first-order valence-electron chi connectivity index (χ1n) is 9.62. The number of nitrogens with zero attached hydrogens (tertiary/aromatic N) is 3. The van der Waals surface area contributed by atoms with Crippen LogP contribution in [0.5, 0.6) is 0 Å². The van der Waals surface area contributed by atoms with Crippen molar-refractivity contribution in [3.63, 3.8) is 0 Å². The molecule has 0 unspecified atom stereocenters. The van der Waals surface area contributed by atoms with Gasteiger partial charge in [-0.15, -0.1) is 16.8 Å². The Morgan fingerprint density at radius 3 is 2.57 bits per heavy atom. The molecular formula is C23H24N4O2S. The van der Waals surface area contributed by atoms with E-state index in [-0.39, 0.29) is 23.5 Å². The number of benzene rings is 2. The molecule has 0 aliphatic heterocycles. The molecule has 6 nitrogen and oxygen atoms in total. The summed E-state index contributed by atoms with van der Waals surface area (Å²) in [7, 11) is 0. The highest BCUT2D eigenvalue weighted by Gasteiger charge is 2.20. The number of carbonyl (C=O) groups is 2. The molecule has 0 aliphatic rings. The van der Waals surface area contributed by atoms with Gasteiger partial charge in [-0.2, -0.15) is 0 Å². The lowest BCUT2D eigenvalue weighted by Gasteiger charge is -2.15. The molecule has 7 heteroatoms. The molecular weight excluding hydrogens is 396 g/mol. The molecule has 0 aliphatic carbocycles. The number of hydrogen-bond acceptors (Lipinski definition) is 5. The molecule has 1 N–H and O–H groups in total. The number of amides is 1. The fourth-order valence-electron chi connectivity index (χ4n) is 3.00. The summed E-state index contributed by atoms with van der Waals surface area (Å²) in [6.45, 7) is 8.09. The Kier molecular flexibility index (Phi) is 7.19. The second kappa shape index (κ2) is 10.0. The van der Waals surface area contributed by atoms with Gasteiger partial charge in [-0.05, 0) is 26.0 Å². The van der Waals surface area contributed by atoms with Crippen molar-refractivity contribution in [1.82, 2.24) is 20.1 Å². The molecule has 0 bridgehead atoms. The van der Waals surface area contributed by atoms with Gasteiger partial charge in [0.15, 0.2) is 16.8 Å². The molecule has 0 saturated carbocycles. The lowest BCUT2D eigenvalue weighted by atomic mass is 10.1. The summed E-state index contributed by atoms with van der Waals surface area (Å²) in [5.74, 6) is 0.720. The number of rotatable bonds is 9. The Labute approximate surface area is 180 Å². The standard InChI is InChI=1S/C23H24N4O2S/c1-4-13-27-21(17(3)24-22(29)19-12-8-9-16(2)14-19)25-26-23(27)30-15-20(28)18-10-6-5-7-11-18/h4-12,14,17H,1,13,15H2,2-3H3,(H,24,29)/t17-/m0/s1. The largest absolute Gasteiger partial charge is 0.342 e. The minimum absolute atomic E-state index is 0.0242. The van der Waals surface area contributed by atoms with Crippen LogP contribution in [0.1, 0.15) is 45.1 Å². The van der Waals surface area contributed by atoms with E-state index in [2.05, 4.69) is 22.1 Å². The molecule has 30 heavy (non-hydrogen) atoms. The molecule has 0 radical (unpaired) electrons. The van der Waals surface area contributed by atoms with Crippen LogP contribution in [0.25, 0.3) is 0 Å². The molecule has 0 fully saturated rings. The smallest absolute Gasteiger partial charge is 0.251 e. The molecule has 1 atom stereocenters. The lowest BCUT2D eigenvalue weighted by molar-refractivity contribution is 0.0936. The average Bonchev–Trinajstić information content (AvgIpc) is 3.15. The fourth-order valence-corrected chi connectivity index (χ4v) is 3.85. The van der Waals surface area contributed by atoms with Crippen LogP contribution in [0.4, 0.5) is 0 Å². The van der Waals surface area contributed by atoms with E-state index in [1.54, 1.807) is 24.3 Å². The summed E-state index contributed by atoms with van der Waals surface area (Å²) < 4.78 is 1.87. The summed E-state index contributed by atoms with van der Waals surface area (Å²) in [6.07, 6.45) is 1.74. The monoisotopic (exact) mass is 420 g/mol. The van der Waals surface area contributed by atoms with Crippen molar-refractivity contribution in [2.24, 2.45) is 0 Å². The Balaban J connectivity index is 1.72. The van der Waals surface area contributed by atoms with E-state index >= 15 is 0 Å². The molecule has 1 amide bonds. The van der Waals surface area contributed by atoms with Crippen LogP contribution in [0.2, 0.25) is 0 Å². The van der Waals surface area contributed by atoms with Gasteiger partial charge in [0.2, 0.25) is 0 Å². The third kappa shape index (κ3) is 5.24. The van der Waals surface area contributed by atoms with Crippen LogP contribution in [0.15, 0.2) is 72.4 Å². The summed E-state index contributed by atoms with van der Waals surface area (Å²) in [5.41, 5.74) is 2.28. The van der Waals surface area contributed by atoms with Crippen LogP contribution in [-0.2, 0) is 6.54 Å². The van der Waals surface area contributed by atoms with Gasteiger partial charge >= 0.3 is 0 Å². The second-order valence-corrected chi connectivity index (χ2v) is 7.83. The maximum Gasteiger partial charge on any atom is 0.251 e. The number of thioether (sulfide) groups is 1. The highest BCUT2D eigenvalue weighted by atomic mass is 32.2. The van der Waals surface area contributed by atoms with E-state index < -0.39 is 0 Å². The van der Waals surface area contributed by atoms with Crippen molar-refractivity contribution >= 4 is 23.5 Å². The zero-order valence-electron chi connectivity index (χ0n) is 17.0. The summed E-state index contributed by atoms with van der Waals surface area (Å²) >= 11 is 1.32. The van der Waals surface area contributed by atoms with Crippen molar-refractivity contribution in [2.45, 2.75) is 31.6 Å². The van der Waals surface area contributed by atoms with Gasteiger partial charge in [-0.25, -0.2) is 0 Å². The number of allylic oxidation sites excluding steroid dienone is 1. The van der Waals surface area contributed by atoms with Crippen LogP contribution >= 0.6 is 11.8 Å². The topological polar surface area (TPSA) is 76.9 Å². The van der Waals surface area contributed by atoms with Crippen molar-refractivity contribution in [3.05, 3.63) is 89.8 Å². The van der Waals surface area contributed by atoms with Gasteiger partial charge in [0, 0.05) is 17.7 Å². The maximum absolute atomic E-state index is 12.6. The van der Waals surface area contributed by atoms with Gasteiger partial charge in [0.25, 0.3) is 5.91 Å². The number of hydrogen-bond donors (Lipinski definition) is 1. The molecule has 1 aromatic heterocycles. The highest BCUT2D eigenvalue weighted by Crippen LogP contribution is 2.22. The number of Topliss-reactive ketones (excluding diaryl/α,β-unsaturated/α-hetero) is 1. The third-order valence-corrected chi connectivity index (χ3v) is 5.47. The SMILES string of the molecule is C=CCn1c(SCC(=O)c2ccccc2)nnc1[C@H](C)NC(=O)c1cccc(C)c1. The minimum Gasteiger partial charge on any atom is -0.342 e. The molecule has 3 aromatic rings. The van der Waals surface area contributed by atoms with Crippen LogP contribution in [-0.4, -0.2) is 32.2 Å². The third-order valence-electron chi connectivity index (χ3n) is 4.50. The number of aromatic nitrogens is 3. The van der Waals surface area contributed by atoms with Crippen molar-refractivity contribution in [3.8, 4) is 0 Å². The van der Waals surface area contributed by atoms with E-state index in [9.17, 15) is 9.59 Å². The van der Waals surface area contributed by atoms with Gasteiger partial charge in [0.05, 0.1) is 11.8 Å². The van der Waals surface area contributed by atoms with E-state index in [1.807, 2.05) is 54.8 Å². The van der Waals surface area contributed by atoms with Crippen LogP contribution in [0.3, 0.4) is 0 Å². The maximum atomic E-state index is 12.6. The molecule has 1 heterocycles.